The Kier molecular flexibility index (Phi) is 8.27. The van der Waals surface area contributed by atoms with Gasteiger partial charge in [-0.1, -0.05) is 30.3 Å². The van der Waals surface area contributed by atoms with Gasteiger partial charge >= 0.3 is 0 Å². The highest BCUT2D eigenvalue weighted by atomic mass is 16.5. The van der Waals surface area contributed by atoms with Crippen LogP contribution in [-0.2, 0) is 4.79 Å². The van der Waals surface area contributed by atoms with Crippen molar-refractivity contribution in [2.24, 2.45) is 0 Å². The number of likely N-dealkylation sites (N-methyl/N-ethyl adjacent to an activating group) is 1. The zero-order chi connectivity index (χ0) is 27.1. The van der Waals surface area contributed by atoms with Gasteiger partial charge in [-0.15, -0.1) is 0 Å². The van der Waals surface area contributed by atoms with Crippen LogP contribution in [0.25, 0.3) is 16.9 Å². The molecule has 1 N–H and O–H groups in total. The van der Waals surface area contributed by atoms with Crippen molar-refractivity contribution in [2.75, 3.05) is 39.7 Å². The molecule has 196 valence electrons. The van der Waals surface area contributed by atoms with Crippen LogP contribution in [0.3, 0.4) is 0 Å². The minimum absolute atomic E-state index is 0.154. The van der Waals surface area contributed by atoms with E-state index in [1.165, 1.54) is 12.0 Å². The third-order valence-corrected chi connectivity index (χ3v) is 6.01. The first-order valence-corrected chi connectivity index (χ1v) is 12.1. The second-order valence-electron chi connectivity index (χ2n) is 8.32. The number of aromatic nitrogens is 2. The van der Waals surface area contributed by atoms with E-state index < -0.39 is 0 Å². The fraction of sp³-hybridized carbons (Fsp3) is 0.207. The van der Waals surface area contributed by atoms with Crippen LogP contribution in [-0.4, -0.2) is 60.9 Å². The van der Waals surface area contributed by atoms with Crippen molar-refractivity contribution in [3.8, 4) is 34.2 Å². The monoisotopic (exact) mass is 514 g/mol. The van der Waals surface area contributed by atoms with Crippen molar-refractivity contribution in [2.45, 2.75) is 6.92 Å². The van der Waals surface area contributed by atoms with E-state index in [9.17, 15) is 9.59 Å². The number of benzene rings is 3. The van der Waals surface area contributed by atoms with Crippen molar-refractivity contribution in [3.05, 3.63) is 84.4 Å². The van der Waals surface area contributed by atoms with Gasteiger partial charge in [-0.3, -0.25) is 9.59 Å². The summed E-state index contributed by atoms with van der Waals surface area (Å²) in [5.41, 5.74) is 2.70. The molecule has 1 heterocycles. The van der Waals surface area contributed by atoms with Gasteiger partial charge < -0.3 is 24.4 Å². The van der Waals surface area contributed by atoms with Gasteiger partial charge in [-0.05, 0) is 43.3 Å². The van der Waals surface area contributed by atoms with Crippen molar-refractivity contribution in [1.29, 1.82) is 0 Å². The van der Waals surface area contributed by atoms with Gasteiger partial charge in [0.05, 0.1) is 38.3 Å². The lowest BCUT2D eigenvalue weighted by atomic mass is 10.1. The Morgan fingerprint density at radius 3 is 2.18 bits per heavy atom. The number of carbonyl (C=O) groups is 2. The Hall–Kier alpha value is -4.79. The third kappa shape index (κ3) is 5.78. The summed E-state index contributed by atoms with van der Waals surface area (Å²) < 4.78 is 17.5. The van der Waals surface area contributed by atoms with E-state index in [0.717, 1.165) is 11.3 Å². The Morgan fingerprint density at radius 1 is 0.868 bits per heavy atom. The summed E-state index contributed by atoms with van der Waals surface area (Å²) in [6.07, 6.45) is 0. The summed E-state index contributed by atoms with van der Waals surface area (Å²) in [6.45, 7) is 1.99. The molecule has 1 aromatic heterocycles. The number of hydrogen-bond acceptors (Lipinski definition) is 6. The maximum absolute atomic E-state index is 13.3. The summed E-state index contributed by atoms with van der Waals surface area (Å²) in [4.78, 5) is 27.9. The van der Waals surface area contributed by atoms with Crippen molar-refractivity contribution in [1.82, 2.24) is 14.7 Å². The average molecular weight is 515 g/mol. The van der Waals surface area contributed by atoms with Gasteiger partial charge in [0.15, 0.2) is 0 Å². The highest BCUT2D eigenvalue weighted by Crippen LogP contribution is 2.27. The van der Waals surface area contributed by atoms with E-state index in [-0.39, 0.29) is 18.4 Å². The largest absolute Gasteiger partial charge is 0.497 e. The summed E-state index contributed by atoms with van der Waals surface area (Å²) in [5, 5.41) is 7.66. The summed E-state index contributed by atoms with van der Waals surface area (Å²) >= 11 is 0. The second-order valence-corrected chi connectivity index (χ2v) is 8.32. The molecule has 0 saturated carbocycles. The molecule has 3 aromatic carbocycles. The molecule has 0 unspecified atom stereocenters. The van der Waals surface area contributed by atoms with Gasteiger partial charge in [-0.2, -0.15) is 5.10 Å². The molecule has 0 saturated heterocycles. The molecule has 0 radical (unpaired) electrons. The molecule has 0 aliphatic rings. The van der Waals surface area contributed by atoms with Gasteiger partial charge in [0, 0.05) is 24.2 Å². The first-order valence-electron chi connectivity index (χ1n) is 12.1. The SMILES string of the molecule is CCN(CC(=O)Nc1cc(-c2ccccc2)nn1-c1ccc(OC)cc1)C(=O)c1ccc(OC)cc1OC. The predicted octanol–water partition coefficient (Wildman–Crippen LogP) is 4.67. The molecular formula is C29H30N4O5. The van der Waals surface area contributed by atoms with Crippen LogP contribution in [0, 0.1) is 0 Å². The fourth-order valence-electron chi connectivity index (χ4n) is 3.97. The molecule has 0 fully saturated rings. The molecule has 38 heavy (non-hydrogen) atoms. The molecule has 2 amide bonds. The van der Waals surface area contributed by atoms with Gasteiger partial charge in [0.1, 0.15) is 29.6 Å². The molecule has 0 aliphatic heterocycles. The number of hydrogen-bond donors (Lipinski definition) is 1. The van der Waals surface area contributed by atoms with Crippen molar-refractivity contribution < 1.29 is 23.8 Å². The number of amides is 2. The number of carbonyl (C=O) groups excluding carboxylic acids is 2. The molecule has 4 aromatic rings. The molecule has 9 heteroatoms. The smallest absolute Gasteiger partial charge is 0.258 e. The lowest BCUT2D eigenvalue weighted by Crippen LogP contribution is -2.38. The highest BCUT2D eigenvalue weighted by molar-refractivity contribution is 6.01. The highest BCUT2D eigenvalue weighted by Gasteiger charge is 2.22. The zero-order valence-electron chi connectivity index (χ0n) is 21.8. The van der Waals surface area contributed by atoms with E-state index in [0.29, 0.717) is 40.9 Å². The number of methoxy groups -OCH3 is 3. The van der Waals surface area contributed by atoms with Gasteiger partial charge in [-0.25, -0.2) is 4.68 Å². The third-order valence-electron chi connectivity index (χ3n) is 6.01. The zero-order valence-corrected chi connectivity index (χ0v) is 21.8. The normalized spacial score (nSPS) is 10.5. The number of nitrogens with one attached hydrogen (secondary N) is 1. The van der Waals surface area contributed by atoms with Crippen LogP contribution in [0.15, 0.2) is 78.9 Å². The first kappa shape index (κ1) is 26.3. The maximum atomic E-state index is 13.3. The fourth-order valence-corrected chi connectivity index (χ4v) is 3.97. The number of rotatable bonds is 10. The van der Waals surface area contributed by atoms with Crippen LogP contribution in [0.4, 0.5) is 5.82 Å². The second kappa shape index (κ2) is 12.0. The number of ether oxygens (including phenoxy) is 3. The Bertz CT molecular complexity index is 1400. The van der Waals surface area contributed by atoms with Crippen LogP contribution in [0.2, 0.25) is 0 Å². The lowest BCUT2D eigenvalue weighted by molar-refractivity contribution is -0.116. The molecular weight excluding hydrogens is 484 g/mol. The number of nitrogens with zero attached hydrogens (tertiary/aromatic N) is 3. The molecule has 0 aliphatic carbocycles. The predicted molar refractivity (Wildman–Crippen MR) is 145 cm³/mol. The quantitative estimate of drug-likeness (QED) is 0.331. The average Bonchev–Trinajstić information content (AvgIpc) is 3.39. The minimum atomic E-state index is -0.359. The maximum Gasteiger partial charge on any atom is 0.258 e. The van der Waals surface area contributed by atoms with Crippen molar-refractivity contribution >= 4 is 17.6 Å². The van der Waals surface area contributed by atoms with Gasteiger partial charge in [0.2, 0.25) is 5.91 Å². The topological polar surface area (TPSA) is 94.9 Å². The van der Waals surface area contributed by atoms with Crippen molar-refractivity contribution in [3.63, 3.8) is 0 Å². The minimum Gasteiger partial charge on any atom is -0.497 e. The molecule has 4 rings (SSSR count). The molecule has 0 atom stereocenters. The summed E-state index contributed by atoms with van der Waals surface area (Å²) in [7, 11) is 4.63. The number of anilines is 1. The van der Waals surface area contributed by atoms with Crippen LogP contribution >= 0.6 is 0 Å². The Labute approximate surface area is 221 Å². The van der Waals surface area contributed by atoms with E-state index in [1.807, 2.05) is 67.6 Å². The molecule has 0 spiro atoms. The summed E-state index contributed by atoms with van der Waals surface area (Å²) in [5.74, 6) is 1.45. The Morgan fingerprint density at radius 2 is 1.55 bits per heavy atom. The summed E-state index contributed by atoms with van der Waals surface area (Å²) in [6, 6.07) is 23.8. The standard InChI is InChI=1S/C29H30N4O5/c1-5-32(29(35)24-16-15-23(37-3)17-26(24)38-4)19-28(34)30-27-18-25(20-9-7-6-8-10-20)31-33(27)21-11-13-22(36-2)14-12-21/h6-18H,5,19H2,1-4H3,(H,30,34). The van der Waals surface area contributed by atoms with E-state index in [1.54, 1.807) is 37.1 Å². The molecule has 0 bridgehead atoms. The van der Waals surface area contributed by atoms with Crippen LogP contribution in [0.5, 0.6) is 17.2 Å². The Balaban J connectivity index is 1.59. The molecule has 9 nitrogen and oxygen atoms in total. The first-order chi connectivity index (χ1) is 18.5. The van der Waals surface area contributed by atoms with Gasteiger partial charge in [0.25, 0.3) is 5.91 Å². The van der Waals surface area contributed by atoms with E-state index in [4.69, 9.17) is 19.3 Å². The van der Waals surface area contributed by atoms with E-state index >= 15 is 0 Å². The van der Waals surface area contributed by atoms with Crippen LogP contribution < -0.4 is 19.5 Å². The van der Waals surface area contributed by atoms with Crippen LogP contribution in [0.1, 0.15) is 17.3 Å². The van der Waals surface area contributed by atoms with E-state index in [2.05, 4.69) is 5.32 Å². The lowest BCUT2D eigenvalue weighted by Gasteiger charge is -2.22.